The van der Waals surface area contributed by atoms with E-state index in [0.29, 0.717) is 12.3 Å². The topological polar surface area (TPSA) is 57.8 Å². The number of benzene rings is 1. The molecule has 1 atom stereocenters. The number of Topliss-reactive ketones (excluding diaryl/α,β-unsaturated/α-hetero) is 1. The van der Waals surface area contributed by atoms with Gasteiger partial charge in [-0.2, -0.15) is 0 Å². The number of hydrogen-bond acceptors (Lipinski definition) is 3. The van der Waals surface area contributed by atoms with Crippen molar-refractivity contribution in [1.29, 1.82) is 0 Å². The third-order valence-electron chi connectivity index (χ3n) is 4.46. The van der Waals surface area contributed by atoms with Crippen molar-refractivity contribution in [3.63, 3.8) is 0 Å². The van der Waals surface area contributed by atoms with Crippen molar-refractivity contribution in [2.75, 3.05) is 5.32 Å². The van der Waals surface area contributed by atoms with Gasteiger partial charge in [-0.1, -0.05) is 25.1 Å². The first-order valence-corrected chi connectivity index (χ1v) is 8.23. The quantitative estimate of drug-likeness (QED) is 0.743. The Morgan fingerprint density at radius 1 is 1.08 bits per heavy atom. The van der Waals surface area contributed by atoms with Crippen LogP contribution in [0.15, 0.2) is 54.9 Å². The summed E-state index contributed by atoms with van der Waals surface area (Å²) in [6.07, 6.45) is 5.04. The molecule has 1 aliphatic carbocycles. The molecule has 1 aromatic carbocycles. The molecular formula is C20H19N3O. The minimum Gasteiger partial charge on any atom is -0.356 e. The van der Waals surface area contributed by atoms with Gasteiger partial charge in [0.15, 0.2) is 5.78 Å². The fourth-order valence-electron chi connectivity index (χ4n) is 3.38. The van der Waals surface area contributed by atoms with Crippen molar-refractivity contribution in [3.05, 3.63) is 66.1 Å². The zero-order valence-electron chi connectivity index (χ0n) is 13.5. The molecule has 0 bridgehead atoms. The van der Waals surface area contributed by atoms with E-state index < -0.39 is 0 Å². The highest BCUT2D eigenvalue weighted by molar-refractivity contribution is 6.07. The number of anilines is 2. The first kappa shape index (κ1) is 14.7. The molecular weight excluding hydrogens is 298 g/mol. The Labute approximate surface area is 141 Å². The standard InChI is InChI=1S/C20H19N3O/c1-13-11-16-18(17(24)12-13)20(22-15-5-3-2-4-6-15)19(23-16)14-7-9-21-10-8-14/h2-10,13,22-23H,11-12H2,1H3/t13-/m0/s1. The van der Waals surface area contributed by atoms with Gasteiger partial charge in [-0.25, -0.2) is 0 Å². The van der Waals surface area contributed by atoms with E-state index >= 15 is 0 Å². The number of aromatic amines is 1. The molecule has 4 nitrogen and oxygen atoms in total. The molecule has 0 aliphatic heterocycles. The highest BCUT2D eigenvalue weighted by Gasteiger charge is 2.29. The van der Waals surface area contributed by atoms with Crippen LogP contribution in [0.1, 0.15) is 29.4 Å². The van der Waals surface area contributed by atoms with Crippen LogP contribution in [0.25, 0.3) is 11.3 Å². The van der Waals surface area contributed by atoms with Crippen LogP contribution in [-0.4, -0.2) is 15.8 Å². The van der Waals surface area contributed by atoms with Gasteiger partial charge in [0.1, 0.15) is 0 Å². The number of carbonyl (C=O) groups is 1. The van der Waals surface area contributed by atoms with E-state index in [1.165, 1.54) is 0 Å². The third-order valence-corrected chi connectivity index (χ3v) is 4.46. The number of pyridine rings is 1. The average Bonchev–Trinajstić information content (AvgIpc) is 2.95. The fraction of sp³-hybridized carbons (Fsp3) is 0.200. The van der Waals surface area contributed by atoms with E-state index in [9.17, 15) is 4.79 Å². The van der Waals surface area contributed by atoms with Gasteiger partial charge in [0, 0.05) is 35.8 Å². The number of aromatic nitrogens is 2. The monoisotopic (exact) mass is 317 g/mol. The van der Waals surface area contributed by atoms with Crippen molar-refractivity contribution < 1.29 is 4.79 Å². The van der Waals surface area contributed by atoms with Crippen LogP contribution < -0.4 is 5.32 Å². The lowest BCUT2D eigenvalue weighted by Crippen LogP contribution is -2.17. The Morgan fingerprint density at radius 3 is 2.58 bits per heavy atom. The number of nitrogens with one attached hydrogen (secondary N) is 2. The largest absolute Gasteiger partial charge is 0.356 e. The zero-order chi connectivity index (χ0) is 16.5. The van der Waals surface area contributed by atoms with Crippen LogP contribution >= 0.6 is 0 Å². The van der Waals surface area contributed by atoms with Gasteiger partial charge >= 0.3 is 0 Å². The Morgan fingerprint density at radius 2 is 1.83 bits per heavy atom. The Bertz CT molecular complexity index is 869. The van der Waals surface area contributed by atoms with Crippen LogP contribution in [-0.2, 0) is 6.42 Å². The van der Waals surface area contributed by atoms with E-state index in [4.69, 9.17) is 0 Å². The van der Waals surface area contributed by atoms with Crippen LogP contribution in [0.4, 0.5) is 11.4 Å². The van der Waals surface area contributed by atoms with Crippen molar-refractivity contribution in [2.45, 2.75) is 19.8 Å². The molecule has 0 unspecified atom stereocenters. The predicted molar refractivity (Wildman–Crippen MR) is 95.6 cm³/mol. The second-order valence-electron chi connectivity index (χ2n) is 6.39. The third kappa shape index (κ3) is 2.60. The first-order chi connectivity index (χ1) is 11.7. The molecule has 2 heterocycles. The number of rotatable bonds is 3. The van der Waals surface area contributed by atoms with Crippen molar-refractivity contribution in [3.8, 4) is 11.3 Å². The maximum Gasteiger partial charge on any atom is 0.167 e. The molecule has 0 saturated heterocycles. The van der Waals surface area contributed by atoms with Crippen LogP contribution in [0, 0.1) is 5.92 Å². The molecule has 24 heavy (non-hydrogen) atoms. The van der Waals surface area contributed by atoms with Crippen molar-refractivity contribution in [1.82, 2.24) is 9.97 Å². The van der Waals surface area contributed by atoms with Gasteiger partial charge in [-0.15, -0.1) is 0 Å². The van der Waals surface area contributed by atoms with Gasteiger partial charge in [0.05, 0.1) is 16.9 Å². The van der Waals surface area contributed by atoms with Crippen LogP contribution in [0.3, 0.4) is 0 Å². The molecule has 3 aromatic rings. The summed E-state index contributed by atoms with van der Waals surface area (Å²) in [6.45, 7) is 2.12. The lowest BCUT2D eigenvalue weighted by molar-refractivity contribution is 0.0954. The zero-order valence-corrected chi connectivity index (χ0v) is 13.5. The molecule has 4 heteroatoms. The van der Waals surface area contributed by atoms with Crippen LogP contribution in [0.5, 0.6) is 0 Å². The highest BCUT2D eigenvalue weighted by atomic mass is 16.1. The minimum atomic E-state index is 0.207. The number of carbonyl (C=O) groups excluding carboxylic acids is 1. The summed E-state index contributed by atoms with van der Waals surface area (Å²) in [5.41, 5.74) is 5.67. The smallest absolute Gasteiger partial charge is 0.167 e. The average molecular weight is 317 g/mol. The summed E-state index contributed by atoms with van der Waals surface area (Å²) in [5.74, 6) is 0.581. The molecule has 2 N–H and O–H groups in total. The molecule has 0 radical (unpaired) electrons. The summed E-state index contributed by atoms with van der Waals surface area (Å²) < 4.78 is 0. The van der Waals surface area contributed by atoms with E-state index in [1.54, 1.807) is 12.4 Å². The predicted octanol–water partition coefficient (Wildman–Crippen LogP) is 4.59. The second-order valence-corrected chi connectivity index (χ2v) is 6.39. The molecule has 0 amide bonds. The second kappa shape index (κ2) is 5.96. The lowest BCUT2D eigenvalue weighted by Gasteiger charge is -2.18. The molecule has 120 valence electrons. The Balaban J connectivity index is 1.87. The summed E-state index contributed by atoms with van der Waals surface area (Å²) in [6, 6.07) is 13.9. The van der Waals surface area contributed by atoms with E-state index in [2.05, 4.69) is 22.2 Å². The van der Waals surface area contributed by atoms with Crippen molar-refractivity contribution >= 4 is 17.2 Å². The van der Waals surface area contributed by atoms with Gasteiger partial charge in [-0.05, 0) is 36.6 Å². The van der Waals surface area contributed by atoms with Gasteiger partial charge < -0.3 is 10.3 Å². The number of hydrogen-bond donors (Lipinski definition) is 2. The van der Waals surface area contributed by atoms with E-state index in [-0.39, 0.29) is 5.78 Å². The fourth-order valence-corrected chi connectivity index (χ4v) is 3.38. The van der Waals surface area contributed by atoms with E-state index in [1.807, 2.05) is 42.5 Å². The number of para-hydroxylation sites is 1. The molecule has 0 saturated carbocycles. The van der Waals surface area contributed by atoms with Gasteiger partial charge in [-0.3, -0.25) is 9.78 Å². The number of ketones is 1. The number of fused-ring (bicyclic) bond motifs is 1. The number of nitrogens with zero attached hydrogens (tertiary/aromatic N) is 1. The normalized spacial score (nSPS) is 16.7. The van der Waals surface area contributed by atoms with Crippen LogP contribution in [0.2, 0.25) is 0 Å². The SMILES string of the molecule is C[C@@H]1CC(=O)c2c([nH]c(-c3ccncc3)c2Nc2ccccc2)C1. The molecule has 4 rings (SSSR count). The summed E-state index contributed by atoms with van der Waals surface area (Å²) >= 11 is 0. The molecule has 1 aliphatic rings. The maximum absolute atomic E-state index is 12.7. The first-order valence-electron chi connectivity index (χ1n) is 8.23. The highest BCUT2D eigenvalue weighted by Crippen LogP contribution is 2.39. The molecule has 0 fully saturated rings. The maximum atomic E-state index is 12.7. The minimum absolute atomic E-state index is 0.207. The van der Waals surface area contributed by atoms with E-state index in [0.717, 1.165) is 40.3 Å². The Kier molecular flexibility index (Phi) is 3.65. The lowest BCUT2D eigenvalue weighted by atomic mass is 9.87. The molecule has 2 aromatic heterocycles. The van der Waals surface area contributed by atoms with Gasteiger partial charge in [0.2, 0.25) is 0 Å². The van der Waals surface area contributed by atoms with Crippen molar-refractivity contribution in [2.24, 2.45) is 5.92 Å². The number of H-pyrrole nitrogens is 1. The summed E-state index contributed by atoms with van der Waals surface area (Å²) in [4.78, 5) is 20.3. The van der Waals surface area contributed by atoms with Gasteiger partial charge in [0.25, 0.3) is 0 Å². The Hall–Kier alpha value is -2.88. The summed E-state index contributed by atoms with van der Waals surface area (Å²) in [5, 5.41) is 3.45. The summed E-state index contributed by atoms with van der Waals surface area (Å²) in [7, 11) is 0. The molecule has 0 spiro atoms.